The van der Waals surface area contributed by atoms with Gasteiger partial charge in [0.1, 0.15) is 7.11 Å². The second kappa shape index (κ2) is 6.99. The normalized spacial score (nSPS) is 22.8. The standard InChI is InChI=1S/C14H19N3OS.ClH/c1-10(17-18-3)11-5-4-6-12(9-11)14(2)7-8-19-13(15)16-14;/h4-6,9H,7-8H2,1-3H3,(H2,15,16);1H/b17-10+;. The summed E-state index contributed by atoms with van der Waals surface area (Å²) in [5.41, 5.74) is 8.70. The van der Waals surface area contributed by atoms with Gasteiger partial charge in [0.25, 0.3) is 0 Å². The summed E-state index contributed by atoms with van der Waals surface area (Å²) in [7, 11) is 1.55. The van der Waals surface area contributed by atoms with Crippen molar-refractivity contribution in [2.24, 2.45) is 15.9 Å². The second-order valence-electron chi connectivity index (χ2n) is 4.76. The average Bonchev–Trinajstić information content (AvgIpc) is 2.39. The smallest absolute Gasteiger partial charge is 0.154 e. The number of thioether (sulfide) groups is 1. The molecule has 2 rings (SSSR count). The van der Waals surface area contributed by atoms with Gasteiger partial charge in [0, 0.05) is 5.75 Å². The van der Waals surface area contributed by atoms with Gasteiger partial charge in [0.15, 0.2) is 5.17 Å². The Hall–Kier alpha value is -1.20. The van der Waals surface area contributed by atoms with Crippen molar-refractivity contribution in [3.63, 3.8) is 0 Å². The third kappa shape index (κ3) is 3.67. The van der Waals surface area contributed by atoms with Gasteiger partial charge in [-0.2, -0.15) is 0 Å². The van der Waals surface area contributed by atoms with E-state index >= 15 is 0 Å². The molecule has 1 aromatic rings. The lowest BCUT2D eigenvalue weighted by Crippen LogP contribution is -2.28. The SMILES string of the molecule is CO/N=C(\C)c1cccc(C2(C)CCSC(N)=N2)c1.Cl. The first kappa shape index (κ1) is 16.9. The Labute approximate surface area is 130 Å². The second-order valence-corrected chi connectivity index (χ2v) is 5.88. The molecule has 0 amide bonds. The fourth-order valence-electron chi connectivity index (χ4n) is 2.16. The van der Waals surface area contributed by atoms with E-state index in [4.69, 9.17) is 10.6 Å². The van der Waals surface area contributed by atoms with Crippen LogP contribution in [-0.4, -0.2) is 23.7 Å². The van der Waals surface area contributed by atoms with Crippen molar-refractivity contribution < 1.29 is 4.84 Å². The zero-order valence-corrected chi connectivity index (χ0v) is 13.6. The molecule has 0 aliphatic carbocycles. The van der Waals surface area contributed by atoms with Crippen LogP contribution in [0.4, 0.5) is 0 Å². The third-order valence-electron chi connectivity index (χ3n) is 3.33. The van der Waals surface area contributed by atoms with Crippen LogP contribution in [0.1, 0.15) is 31.4 Å². The minimum absolute atomic E-state index is 0. The van der Waals surface area contributed by atoms with Gasteiger partial charge in [-0.15, -0.1) is 12.4 Å². The van der Waals surface area contributed by atoms with Crippen LogP contribution in [0, 0.1) is 0 Å². The van der Waals surface area contributed by atoms with Crippen LogP contribution in [0.15, 0.2) is 34.4 Å². The van der Waals surface area contributed by atoms with E-state index in [9.17, 15) is 0 Å². The van der Waals surface area contributed by atoms with Crippen molar-refractivity contribution in [1.82, 2.24) is 0 Å². The number of hydrogen-bond donors (Lipinski definition) is 1. The molecule has 0 bridgehead atoms. The summed E-state index contributed by atoms with van der Waals surface area (Å²) < 4.78 is 0. The molecule has 0 spiro atoms. The van der Waals surface area contributed by atoms with Crippen LogP contribution in [0.5, 0.6) is 0 Å². The topological polar surface area (TPSA) is 60.0 Å². The van der Waals surface area contributed by atoms with Crippen LogP contribution < -0.4 is 5.73 Å². The van der Waals surface area contributed by atoms with Crippen molar-refractivity contribution in [1.29, 1.82) is 0 Å². The summed E-state index contributed by atoms with van der Waals surface area (Å²) >= 11 is 1.62. The van der Waals surface area contributed by atoms with Crippen molar-refractivity contribution >= 4 is 35.0 Å². The predicted molar refractivity (Wildman–Crippen MR) is 89.0 cm³/mol. The van der Waals surface area contributed by atoms with Gasteiger partial charge >= 0.3 is 0 Å². The fraction of sp³-hybridized carbons (Fsp3) is 0.429. The molecule has 0 radical (unpaired) electrons. The Bertz CT molecular complexity index is 533. The summed E-state index contributed by atoms with van der Waals surface area (Å²) in [4.78, 5) is 9.44. The molecular weight excluding hydrogens is 294 g/mol. The first-order chi connectivity index (χ1) is 9.05. The molecule has 2 N–H and O–H groups in total. The molecule has 1 aliphatic rings. The quantitative estimate of drug-likeness (QED) is 0.689. The Morgan fingerprint density at radius 3 is 2.90 bits per heavy atom. The average molecular weight is 314 g/mol. The van der Waals surface area contributed by atoms with E-state index < -0.39 is 0 Å². The Morgan fingerprint density at radius 1 is 1.50 bits per heavy atom. The summed E-state index contributed by atoms with van der Waals surface area (Å²) in [5, 5.41) is 4.64. The highest BCUT2D eigenvalue weighted by molar-refractivity contribution is 8.13. The molecule has 110 valence electrons. The van der Waals surface area contributed by atoms with Crippen LogP contribution in [-0.2, 0) is 10.4 Å². The van der Waals surface area contributed by atoms with E-state index in [1.807, 2.05) is 19.1 Å². The number of nitrogens with two attached hydrogens (primary N) is 1. The van der Waals surface area contributed by atoms with E-state index in [2.05, 4.69) is 29.2 Å². The van der Waals surface area contributed by atoms with Crippen LogP contribution >= 0.6 is 24.2 Å². The molecular formula is C14H20ClN3OS. The third-order valence-corrected chi connectivity index (χ3v) is 4.12. The lowest BCUT2D eigenvalue weighted by molar-refractivity contribution is 0.213. The number of hydrogen-bond acceptors (Lipinski definition) is 5. The lowest BCUT2D eigenvalue weighted by atomic mass is 9.88. The molecule has 20 heavy (non-hydrogen) atoms. The van der Waals surface area contributed by atoms with Crippen LogP contribution in [0.3, 0.4) is 0 Å². The molecule has 1 aromatic carbocycles. The predicted octanol–water partition coefficient (Wildman–Crippen LogP) is 3.15. The zero-order valence-electron chi connectivity index (χ0n) is 11.9. The minimum Gasteiger partial charge on any atom is -0.399 e. The first-order valence-electron chi connectivity index (χ1n) is 6.22. The molecule has 0 fully saturated rings. The number of halogens is 1. The van der Waals surface area contributed by atoms with Crippen molar-refractivity contribution in [3.8, 4) is 0 Å². The van der Waals surface area contributed by atoms with Gasteiger partial charge in [-0.3, -0.25) is 4.99 Å². The Morgan fingerprint density at radius 2 is 2.25 bits per heavy atom. The molecule has 0 aromatic heterocycles. The summed E-state index contributed by atoms with van der Waals surface area (Å²) in [6.07, 6.45) is 0.988. The minimum atomic E-state index is -0.237. The monoisotopic (exact) mass is 313 g/mol. The number of rotatable bonds is 3. The van der Waals surface area contributed by atoms with Gasteiger partial charge in [0.2, 0.25) is 0 Å². The van der Waals surface area contributed by atoms with E-state index in [-0.39, 0.29) is 17.9 Å². The molecule has 1 heterocycles. The highest BCUT2D eigenvalue weighted by Gasteiger charge is 2.29. The Balaban J connectivity index is 0.00000200. The number of nitrogens with zero attached hydrogens (tertiary/aromatic N) is 2. The highest BCUT2D eigenvalue weighted by atomic mass is 35.5. The number of aliphatic imine (C=N–C) groups is 1. The summed E-state index contributed by atoms with van der Waals surface area (Å²) in [5.74, 6) is 1.00. The van der Waals surface area contributed by atoms with Crippen LogP contribution in [0.2, 0.25) is 0 Å². The molecule has 6 heteroatoms. The zero-order chi connectivity index (χ0) is 13.9. The van der Waals surface area contributed by atoms with E-state index in [1.54, 1.807) is 18.9 Å². The summed E-state index contributed by atoms with van der Waals surface area (Å²) in [6.45, 7) is 4.06. The van der Waals surface area contributed by atoms with Gasteiger partial charge in [0.05, 0.1) is 11.3 Å². The highest BCUT2D eigenvalue weighted by Crippen LogP contribution is 2.35. The molecule has 1 unspecified atom stereocenters. The largest absolute Gasteiger partial charge is 0.399 e. The van der Waals surface area contributed by atoms with Gasteiger partial charge in [-0.05, 0) is 37.5 Å². The number of benzene rings is 1. The molecule has 1 atom stereocenters. The van der Waals surface area contributed by atoms with Gasteiger partial charge in [-0.1, -0.05) is 35.1 Å². The summed E-state index contributed by atoms with van der Waals surface area (Å²) in [6, 6.07) is 8.26. The molecule has 0 saturated heterocycles. The number of amidine groups is 1. The van der Waals surface area contributed by atoms with Gasteiger partial charge < -0.3 is 10.6 Å². The first-order valence-corrected chi connectivity index (χ1v) is 7.20. The maximum Gasteiger partial charge on any atom is 0.154 e. The molecule has 4 nitrogen and oxygen atoms in total. The van der Waals surface area contributed by atoms with E-state index in [1.165, 1.54) is 5.56 Å². The fourth-order valence-corrected chi connectivity index (χ4v) is 3.14. The Kier molecular flexibility index (Phi) is 5.89. The van der Waals surface area contributed by atoms with Gasteiger partial charge in [-0.25, -0.2) is 0 Å². The molecule has 1 aliphatic heterocycles. The van der Waals surface area contributed by atoms with Crippen molar-refractivity contribution in [2.75, 3.05) is 12.9 Å². The van der Waals surface area contributed by atoms with Crippen LogP contribution in [0.25, 0.3) is 0 Å². The van der Waals surface area contributed by atoms with E-state index in [0.29, 0.717) is 5.17 Å². The lowest BCUT2D eigenvalue weighted by Gasteiger charge is -2.30. The van der Waals surface area contributed by atoms with E-state index in [0.717, 1.165) is 23.4 Å². The maximum atomic E-state index is 5.86. The van der Waals surface area contributed by atoms with Crippen molar-refractivity contribution in [3.05, 3.63) is 35.4 Å². The number of oxime groups is 1. The maximum absolute atomic E-state index is 5.86. The van der Waals surface area contributed by atoms with Crippen molar-refractivity contribution in [2.45, 2.75) is 25.8 Å². The molecule has 0 saturated carbocycles.